The summed E-state index contributed by atoms with van der Waals surface area (Å²) in [5.74, 6) is 0.717. The first-order valence-electron chi connectivity index (χ1n) is 4.23. The second kappa shape index (κ2) is 3.42. The summed E-state index contributed by atoms with van der Waals surface area (Å²) in [6.07, 6.45) is 0. The first kappa shape index (κ1) is 8.63. The van der Waals surface area contributed by atoms with Gasteiger partial charge in [0.25, 0.3) is 0 Å². The molecule has 0 unspecified atom stereocenters. The lowest BCUT2D eigenvalue weighted by Crippen LogP contribution is -2.18. The molecule has 1 atom stereocenters. The number of hydrogen-bond donors (Lipinski definition) is 1. The Labute approximate surface area is 81.7 Å². The summed E-state index contributed by atoms with van der Waals surface area (Å²) in [7, 11) is 0. The number of carbonyl (C=O) groups is 1. The molecule has 2 nitrogen and oxygen atoms in total. The maximum atomic E-state index is 11.0. The van der Waals surface area contributed by atoms with Crippen LogP contribution < -0.4 is 5.32 Å². The summed E-state index contributed by atoms with van der Waals surface area (Å²) in [4.78, 5) is 11.0. The molecular weight excluding hydrogens is 182 g/mol. The Hall–Kier alpha value is -0.960. The topological polar surface area (TPSA) is 29.1 Å². The maximum absolute atomic E-state index is 11.0. The molecule has 1 heterocycles. The summed E-state index contributed by atoms with van der Waals surface area (Å²) < 4.78 is 0. The highest BCUT2D eigenvalue weighted by molar-refractivity contribution is 8.00. The number of benzene rings is 1. The average molecular weight is 193 g/mol. The van der Waals surface area contributed by atoms with Crippen molar-refractivity contribution in [1.82, 2.24) is 5.32 Å². The lowest BCUT2D eigenvalue weighted by Gasteiger charge is -2.08. The third-order valence-corrected chi connectivity index (χ3v) is 3.21. The van der Waals surface area contributed by atoms with Crippen molar-refractivity contribution >= 4 is 17.7 Å². The van der Waals surface area contributed by atoms with E-state index in [1.165, 1.54) is 11.1 Å². The summed E-state index contributed by atoms with van der Waals surface area (Å²) in [5, 5.41) is 3.07. The van der Waals surface area contributed by atoms with Gasteiger partial charge in [-0.1, -0.05) is 29.8 Å². The molecule has 0 aromatic heterocycles. The van der Waals surface area contributed by atoms with Gasteiger partial charge in [-0.3, -0.25) is 4.79 Å². The van der Waals surface area contributed by atoms with Gasteiger partial charge in [-0.25, -0.2) is 0 Å². The predicted octanol–water partition coefficient (Wildman–Crippen LogP) is 1.86. The van der Waals surface area contributed by atoms with Crippen molar-refractivity contribution in [1.29, 1.82) is 0 Å². The van der Waals surface area contributed by atoms with E-state index >= 15 is 0 Å². The third kappa shape index (κ3) is 1.86. The molecule has 0 radical (unpaired) electrons. The van der Waals surface area contributed by atoms with Crippen LogP contribution in [0.5, 0.6) is 0 Å². The van der Waals surface area contributed by atoms with Crippen LogP contribution in [0.1, 0.15) is 16.5 Å². The van der Waals surface area contributed by atoms with E-state index in [1.54, 1.807) is 11.8 Å². The standard InChI is InChI=1S/C10H11NOS/c1-7-2-4-8(5-3-7)10-11-9(12)6-13-10/h2-5,10H,6H2,1H3,(H,11,12)/t10-/m0/s1. The van der Waals surface area contributed by atoms with E-state index in [0.717, 1.165) is 0 Å². The SMILES string of the molecule is Cc1ccc([C@H]2NC(=O)CS2)cc1. The van der Waals surface area contributed by atoms with E-state index in [0.29, 0.717) is 5.75 Å². The largest absolute Gasteiger partial charge is 0.339 e. The molecule has 0 saturated carbocycles. The van der Waals surface area contributed by atoms with E-state index in [1.807, 2.05) is 0 Å². The molecule has 1 saturated heterocycles. The zero-order valence-electron chi connectivity index (χ0n) is 7.41. The summed E-state index contributed by atoms with van der Waals surface area (Å²) >= 11 is 1.65. The third-order valence-electron chi connectivity index (χ3n) is 2.05. The lowest BCUT2D eigenvalue weighted by molar-refractivity contribution is -0.118. The molecule has 1 fully saturated rings. The van der Waals surface area contributed by atoms with Crippen molar-refractivity contribution in [2.75, 3.05) is 5.75 Å². The number of carbonyl (C=O) groups excluding carboxylic acids is 1. The average Bonchev–Trinajstić information content (AvgIpc) is 2.53. The summed E-state index contributed by atoms with van der Waals surface area (Å²) in [6, 6.07) is 8.28. The van der Waals surface area contributed by atoms with Gasteiger partial charge in [0.05, 0.1) is 5.75 Å². The highest BCUT2D eigenvalue weighted by atomic mass is 32.2. The van der Waals surface area contributed by atoms with Crippen LogP contribution in [0.3, 0.4) is 0 Å². The van der Waals surface area contributed by atoms with Gasteiger partial charge < -0.3 is 5.32 Å². The van der Waals surface area contributed by atoms with E-state index in [2.05, 4.69) is 36.5 Å². The van der Waals surface area contributed by atoms with E-state index in [9.17, 15) is 4.79 Å². The fourth-order valence-electron chi connectivity index (χ4n) is 1.31. The Morgan fingerprint density at radius 1 is 1.38 bits per heavy atom. The van der Waals surface area contributed by atoms with Gasteiger partial charge in [0.15, 0.2) is 0 Å². The number of aryl methyl sites for hydroxylation is 1. The van der Waals surface area contributed by atoms with Crippen LogP contribution in [-0.4, -0.2) is 11.7 Å². The zero-order valence-corrected chi connectivity index (χ0v) is 8.23. The fourth-order valence-corrected chi connectivity index (χ4v) is 2.28. The summed E-state index contributed by atoms with van der Waals surface area (Å²) in [6.45, 7) is 2.06. The maximum Gasteiger partial charge on any atom is 0.231 e. The summed E-state index contributed by atoms with van der Waals surface area (Å²) in [5.41, 5.74) is 2.43. The van der Waals surface area contributed by atoms with Crippen LogP contribution in [0, 0.1) is 6.92 Å². The molecule has 1 aliphatic rings. The van der Waals surface area contributed by atoms with Crippen molar-refractivity contribution in [2.45, 2.75) is 12.3 Å². The van der Waals surface area contributed by atoms with Crippen LogP contribution in [0.2, 0.25) is 0 Å². The minimum Gasteiger partial charge on any atom is -0.339 e. The fraction of sp³-hybridized carbons (Fsp3) is 0.300. The van der Waals surface area contributed by atoms with Gasteiger partial charge in [-0.15, -0.1) is 11.8 Å². The lowest BCUT2D eigenvalue weighted by atomic mass is 10.1. The zero-order chi connectivity index (χ0) is 9.26. The molecule has 1 aliphatic heterocycles. The van der Waals surface area contributed by atoms with Gasteiger partial charge in [-0.2, -0.15) is 0 Å². The highest BCUT2D eigenvalue weighted by Gasteiger charge is 2.22. The molecular formula is C10H11NOS. The smallest absolute Gasteiger partial charge is 0.231 e. The van der Waals surface area contributed by atoms with Crippen molar-refractivity contribution in [3.8, 4) is 0 Å². The van der Waals surface area contributed by atoms with Crippen molar-refractivity contribution in [3.63, 3.8) is 0 Å². The number of amides is 1. The molecule has 1 amide bonds. The van der Waals surface area contributed by atoms with Crippen LogP contribution in [0.4, 0.5) is 0 Å². The molecule has 0 spiro atoms. The Morgan fingerprint density at radius 2 is 2.08 bits per heavy atom. The molecule has 13 heavy (non-hydrogen) atoms. The highest BCUT2D eigenvalue weighted by Crippen LogP contribution is 2.30. The van der Waals surface area contributed by atoms with Crippen LogP contribution in [-0.2, 0) is 4.79 Å². The van der Waals surface area contributed by atoms with Crippen molar-refractivity contribution in [3.05, 3.63) is 35.4 Å². The molecule has 1 aromatic carbocycles. The normalized spacial score (nSPS) is 21.6. The number of rotatable bonds is 1. The van der Waals surface area contributed by atoms with Crippen LogP contribution >= 0.6 is 11.8 Å². The van der Waals surface area contributed by atoms with Gasteiger partial charge in [0.1, 0.15) is 5.37 Å². The van der Waals surface area contributed by atoms with E-state index in [-0.39, 0.29) is 11.3 Å². The molecule has 0 bridgehead atoms. The van der Waals surface area contributed by atoms with E-state index in [4.69, 9.17) is 0 Å². The molecule has 68 valence electrons. The van der Waals surface area contributed by atoms with Gasteiger partial charge in [0.2, 0.25) is 5.91 Å². The number of hydrogen-bond acceptors (Lipinski definition) is 2. The first-order valence-corrected chi connectivity index (χ1v) is 5.28. The van der Waals surface area contributed by atoms with E-state index < -0.39 is 0 Å². The van der Waals surface area contributed by atoms with Gasteiger partial charge in [-0.05, 0) is 12.5 Å². The monoisotopic (exact) mass is 193 g/mol. The van der Waals surface area contributed by atoms with Crippen LogP contribution in [0.25, 0.3) is 0 Å². The Morgan fingerprint density at radius 3 is 2.62 bits per heavy atom. The van der Waals surface area contributed by atoms with Crippen LogP contribution in [0.15, 0.2) is 24.3 Å². The molecule has 3 heteroatoms. The predicted molar refractivity (Wildman–Crippen MR) is 54.5 cm³/mol. The first-order chi connectivity index (χ1) is 6.25. The molecule has 1 N–H and O–H groups in total. The Bertz CT molecular complexity index is 320. The molecule has 2 rings (SSSR count). The quantitative estimate of drug-likeness (QED) is 0.737. The van der Waals surface area contributed by atoms with Crippen molar-refractivity contribution in [2.24, 2.45) is 0 Å². The molecule has 1 aromatic rings. The second-order valence-corrected chi connectivity index (χ2v) is 4.26. The number of nitrogens with one attached hydrogen (secondary N) is 1. The van der Waals surface area contributed by atoms with Gasteiger partial charge in [0, 0.05) is 0 Å². The Balaban J connectivity index is 2.17. The number of thioether (sulfide) groups is 1. The minimum atomic E-state index is 0.135. The second-order valence-electron chi connectivity index (χ2n) is 3.17. The minimum absolute atomic E-state index is 0.135. The molecule has 0 aliphatic carbocycles. The van der Waals surface area contributed by atoms with Crippen molar-refractivity contribution < 1.29 is 4.79 Å². The van der Waals surface area contributed by atoms with Gasteiger partial charge >= 0.3 is 0 Å². The Kier molecular flexibility index (Phi) is 2.27.